The number of carboxylic acids is 1. The zero-order valence-electron chi connectivity index (χ0n) is 20.6. The predicted molar refractivity (Wildman–Crippen MR) is 153 cm³/mol. The first-order valence-electron chi connectivity index (χ1n) is 11.9. The Balaban J connectivity index is 1.55. The average molecular weight is 584 g/mol. The molecule has 11 heteroatoms. The molecule has 0 radical (unpaired) electrons. The molecule has 0 amide bonds. The zero-order valence-corrected chi connectivity index (χ0v) is 23.0. The summed E-state index contributed by atoms with van der Waals surface area (Å²) in [4.78, 5) is 18.0. The van der Waals surface area contributed by atoms with Crippen LogP contribution in [-0.2, 0) is 4.74 Å². The van der Waals surface area contributed by atoms with E-state index in [1.165, 1.54) is 18.2 Å². The van der Waals surface area contributed by atoms with Crippen molar-refractivity contribution in [2.24, 2.45) is 0 Å². The molecule has 39 heavy (non-hydrogen) atoms. The van der Waals surface area contributed by atoms with Gasteiger partial charge in [-0.25, -0.2) is 4.79 Å². The maximum Gasteiger partial charge on any atom is 0.335 e. The molecule has 2 aromatic carbocycles. The molecule has 5 rings (SSSR count). The van der Waals surface area contributed by atoms with Crippen molar-refractivity contribution >= 4 is 52.2 Å². The van der Waals surface area contributed by atoms with Crippen molar-refractivity contribution in [3.8, 4) is 17.1 Å². The van der Waals surface area contributed by atoms with E-state index in [0.717, 1.165) is 11.4 Å². The second-order valence-electron chi connectivity index (χ2n) is 8.65. The van der Waals surface area contributed by atoms with Crippen LogP contribution in [0.2, 0.25) is 10.0 Å². The number of methoxy groups -OCH3 is 1. The molecule has 4 aromatic rings. The number of nitrogens with one attached hydrogen (secondary N) is 1. The van der Waals surface area contributed by atoms with Gasteiger partial charge in [-0.1, -0.05) is 29.3 Å². The highest BCUT2D eigenvalue weighted by atomic mass is 35.5. The van der Waals surface area contributed by atoms with Gasteiger partial charge in [0, 0.05) is 24.6 Å². The summed E-state index contributed by atoms with van der Waals surface area (Å²) < 4.78 is 17.1. The smallest absolute Gasteiger partial charge is 0.335 e. The molecule has 0 spiro atoms. The normalized spacial score (nSPS) is 16.8. The summed E-state index contributed by atoms with van der Waals surface area (Å²) >= 11 is 18.8. The fraction of sp³-hybridized carbons (Fsp3) is 0.179. The number of furan rings is 1. The molecule has 2 N–H and O–H groups in total. The lowest BCUT2D eigenvalue weighted by atomic mass is 10.0. The number of aromatic nitrogens is 1. The van der Waals surface area contributed by atoms with Crippen molar-refractivity contribution in [2.45, 2.75) is 12.1 Å². The number of carboxylic acid groups (broad SMARTS) is 1. The molecular formula is C28H23Cl2N3O5S. The van der Waals surface area contributed by atoms with Crippen LogP contribution < -0.4 is 15.0 Å². The average Bonchev–Trinajstić information content (AvgIpc) is 3.55. The minimum atomic E-state index is -1.06. The van der Waals surface area contributed by atoms with Gasteiger partial charge in [0.15, 0.2) is 5.11 Å². The van der Waals surface area contributed by atoms with Gasteiger partial charge in [-0.2, -0.15) is 0 Å². The second kappa shape index (κ2) is 11.6. The Labute approximate surface area is 240 Å². The maximum absolute atomic E-state index is 11.5. The lowest BCUT2D eigenvalue weighted by Crippen LogP contribution is -2.29. The molecule has 0 saturated carbocycles. The first kappa shape index (κ1) is 27.0. The summed E-state index contributed by atoms with van der Waals surface area (Å²) in [6, 6.07) is 18.3. The molecule has 1 aliphatic rings. The monoisotopic (exact) mass is 583 g/mol. The fourth-order valence-electron chi connectivity index (χ4n) is 4.42. The van der Waals surface area contributed by atoms with E-state index < -0.39 is 12.0 Å². The Morgan fingerprint density at radius 1 is 1.10 bits per heavy atom. The zero-order chi connectivity index (χ0) is 27.5. The Hall–Kier alpha value is -3.63. The van der Waals surface area contributed by atoms with E-state index in [-0.39, 0.29) is 11.6 Å². The van der Waals surface area contributed by atoms with Crippen LogP contribution in [-0.4, -0.2) is 41.5 Å². The number of nitrogens with zero attached hydrogens (tertiary/aromatic N) is 2. The first-order chi connectivity index (χ1) is 18.9. The predicted octanol–water partition coefficient (Wildman–Crippen LogP) is 6.55. The third kappa shape index (κ3) is 5.58. The van der Waals surface area contributed by atoms with Gasteiger partial charge in [0.25, 0.3) is 0 Å². The van der Waals surface area contributed by atoms with E-state index >= 15 is 0 Å². The first-order valence-corrected chi connectivity index (χ1v) is 13.1. The molecule has 2 unspecified atom stereocenters. The number of carbonyl (C=O) groups is 1. The van der Waals surface area contributed by atoms with Gasteiger partial charge < -0.3 is 29.2 Å². The molecule has 0 aliphatic carbocycles. The number of pyridine rings is 1. The highest BCUT2D eigenvalue weighted by molar-refractivity contribution is 7.80. The second-order valence-corrected chi connectivity index (χ2v) is 9.86. The van der Waals surface area contributed by atoms with Crippen LogP contribution in [0.4, 0.5) is 5.69 Å². The van der Waals surface area contributed by atoms with E-state index in [1.807, 2.05) is 35.2 Å². The lowest BCUT2D eigenvalue weighted by molar-refractivity contribution is 0.0697. The van der Waals surface area contributed by atoms with Gasteiger partial charge in [-0.15, -0.1) is 0 Å². The number of ether oxygens (including phenoxy) is 2. The number of aromatic carboxylic acids is 1. The van der Waals surface area contributed by atoms with Gasteiger partial charge in [0.1, 0.15) is 29.9 Å². The van der Waals surface area contributed by atoms with E-state index in [4.69, 9.17) is 49.3 Å². The van der Waals surface area contributed by atoms with Gasteiger partial charge in [0.2, 0.25) is 0 Å². The quantitative estimate of drug-likeness (QED) is 0.168. The van der Waals surface area contributed by atoms with Crippen molar-refractivity contribution < 1.29 is 23.8 Å². The largest absolute Gasteiger partial charge is 0.490 e. The van der Waals surface area contributed by atoms with Gasteiger partial charge in [0.05, 0.1) is 34.0 Å². The summed E-state index contributed by atoms with van der Waals surface area (Å²) in [5.41, 5.74) is 2.06. The van der Waals surface area contributed by atoms with E-state index in [2.05, 4.69) is 10.3 Å². The molecule has 3 heterocycles. The Kier molecular flexibility index (Phi) is 8.04. The lowest BCUT2D eigenvalue weighted by Gasteiger charge is -2.26. The third-order valence-corrected chi connectivity index (χ3v) is 7.17. The summed E-state index contributed by atoms with van der Waals surface area (Å²) in [6.07, 6.45) is 1.72. The van der Waals surface area contributed by atoms with Crippen molar-refractivity contribution in [1.82, 2.24) is 10.3 Å². The number of hydrogen-bond donors (Lipinski definition) is 2. The molecule has 1 saturated heterocycles. The fourth-order valence-corrected chi connectivity index (χ4v) is 5.20. The van der Waals surface area contributed by atoms with E-state index in [1.54, 1.807) is 31.5 Å². The summed E-state index contributed by atoms with van der Waals surface area (Å²) in [6.45, 7) is 0.802. The molecule has 2 atom stereocenters. The molecule has 8 nitrogen and oxygen atoms in total. The molecule has 1 fully saturated rings. The van der Waals surface area contributed by atoms with Crippen LogP contribution in [0.5, 0.6) is 5.75 Å². The SMILES string of the molecule is COCCOc1ccc(N2C(=S)NC(c3ccccn3)C2c2ccc(-c3cc(C(=O)O)ccc3Cl)o2)cc1Cl. The standard InChI is InChI=1S/C28H23Cl2N3O5S/c1-36-12-13-37-23-8-6-17(15-20(23)30)33-26(25(32-28(33)39)21-4-2-3-11-31-21)24-10-9-22(38-24)18-14-16(27(34)35)5-7-19(18)29/h2-11,14-15,25-26H,12-13H2,1H3,(H,32,39)(H,34,35). The number of rotatable bonds is 9. The molecular weight excluding hydrogens is 561 g/mol. The van der Waals surface area contributed by atoms with Crippen LogP contribution in [0.15, 0.2) is 77.3 Å². The van der Waals surface area contributed by atoms with Crippen molar-refractivity contribution in [2.75, 3.05) is 25.2 Å². The summed E-state index contributed by atoms with van der Waals surface area (Å²) in [5, 5.41) is 14.1. The minimum absolute atomic E-state index is 0.103. The molecule has 0 bridgehead atoms. The topological polar surface area (TPSA) is 97.1 Å². The van der Waals surface area contributed by atoms with E-state index in [9.17, 15) is 9.90 Å². The van der Waals surface area contributed by atoms with Crippen molar-refractivity contribution in [3.05, 3.63) is 100.0 Å². The molecule has 1 aliphatic heterocycles. The summed E-state index contributed by atoms with van der Waals surface area (Å²) in [5.74, 6) is 0.469. The number of halogens is 2. The van der Waals surface area contributed by atoms with Crippen LogP contribution >= 0.6 is 35.4 Å². The van der Waals surface area contributed by atoms with Crippen molar-refractivity contribution in [1.29, 1.82) is 0 Å². The minimum Gasteiger partial charge on any atom is -0.490 e. The van der Waals surface area contributed by atoms with Gasteiger partial charge in [-0.05, 0) is 72.9 Å². The van der Waals surface area contributed by atoms with Crippen LogP contribution in [0.1, 0.15) is 33.9 Å². The van der Waals surface area contributed by atoms with Gasteiger partial charge in [-0.3, -0.25) is 4.98 Å². The number of thiocarbonyl (C=S) groups is 1. The Morgan fingerprint density at radius 2 is 1.95 bits per heavy atom. The number of anilines is 1. The number of benzene rings is 2. The van der Waals surface area contributed by atoms with Crippen molar-refractivity contribution in [3.63, 3.8) is 0 Å². The highest BCUT2D eigenvalue weighted by Crippen LogP contribution is 2.44. The highest BCUT2D eigenvalue weighted by Gasteiger charge is 2.42. The summed E-state index contributed by atoms with van der Waals surface area (Å²) in [7, 11) is 1.60. The maximum atomic E-state index is 11.5. The van der Waals surface area contributed by atoms with Crippen LogP contribution in [0, 0.1) is 0 Å². The van der Waals surface area contributed by atoms with Gasteiger partial charge >= 0.3 is 5.97 Å². The molecule has 200 valence electrons. The molecule has 2 aromatic heterocycles. The number of hydrogen-bond acceptors (Lipinski definition) is 6. The Morgan fingerprint density at radius 3 is 2.67 bits per heavy atom. The van der Waals surface area contributed by atoms with E-state index in [0.29, 0.717) is 51.2 Å². The van der Waals surface area contributed by atoms with Crippen LogP contribution in [0.25, 0.3) is 11.3 Å². The van der Waals surface area contributed by atoms with Crippen LogP contribution in [0.3, 0.4) is 0 Å². The Bertz CT molecular complexity index is 1510. The third-order valence-electron chi connectivity index (χ3n) is 6.23.